The van der Waals surface area contributed by atoms with E-state index in [4.69, 9.17) is 9.47 Å². The van der Waals surface area contributed by atoms with Crippen LogP contribution in [-0.2, 0) is 0 Å². The molecule has 2 aromatic rings. The zero-order chi connectivity index (χ0) is 19.5. The van der Waals surface area contributed by atoms with Crippen molar-refractivity contribution in [2.45, 2.75) is 40.2 Å². The van der Waals surface area contributed by atoms with E-state index in [2.05, 4.69) is 5.32 Å². The second-order valence-corrected chi connectivity index (χ2v) is 7.00. The standard InChI is InChI=1S/C19H22N2O5/c1-12-10-16(26-18(22)20-19(3,4)5)11-13(2)17(12)25-15-8-6-14(7-9-15)21(23)24/h6-11H,1-5H3,(H,20,22). The molecule has 0 unspecified atom stereocenters. The molecule has 0 aromatic heterocycles. The molecule has 0 spiro atoms. The summed E-state index contributed by atoms with van der Waals surface area (Å²) in [6.45, 7) is 9.27. The maximum Gasteiger partial charge on any atom is 0.413 e. The number of carbonyl (C=O) groups excluding carboxylic acids is 1. The Morgan fingerprint density at radius 3 is 2.04 bits per heavy atom. The first-order valence-corrected chi connectivity index (χ1v) is 8.09. The molecular formula is C19H22N2O5. The number of nitro groups is 1. The van der Waals surface area contributed by atoms with Gasteiger partial charge in [0.05, 0.1) is 4.92 Å². The lowest BCUT2D eigenvalue weighted by molar-refractivity contribution is -0.384. The van der Waals surface area contributed by atoms with Crippen molar-refractivity contribution in [3.05, 3.63) is 57.6 Å². The van der Waals surface area contributed by atoms with Crippen LogP contribution in [0.4, 0.5) is 10.5 Å². The van der Waals surface area contributed by atoms with Crippen LogP contribution in [0.1, 0.15) is 31.9 Å². The second-order valence-electron chi connectivity index (χ2n) is 7.00. The number of nitro benzene ring substituents is 1. The molecule has 0 heterocycles. The fourth-order valence-electron chi connectivity index (χ4n) is 2.32. The molecule has 0 bridgehead atoms. The van der Waals surface area contributed by atoms with Gasteiger partial charge in [0, 0.05) is 17.7 Å². The van der Waals surface area contributed by atoms with Gasteiger partial charge in [-0.25, -0.2) is 4.79 Å². The van der Waals surface area contributed by atoms with Crippen molar-refractivity contribution in [3.63, 3.8) is 0 Å². The summed E-state index contributed by atoms with van der Waals surface area (Å²) in [7, 11) is 0. The average Bonchev–Trinajstić information content (AvgIpc) is 2.49. The molecule has 0 fully saturated rings. The molecule has 2 aromatic carbocycles. The van der Waals surface area contributed by atoms with Crippen molar-refractivity contribution >= 4 is 11.8 Å². The highest BCUT2D eigenvalue weighted by Gasteiger charge is 2.17. The highest BCUT2D eigenvalue weighted by Crippen LogP contribution is 2.33. The molecule has 138 valence electrons. The van der Waals surface area contributed by atoms with Crippen molar-refractivity contribution in [1.82, 2.24) is 5.32 Å². The first-order valence-electron chi connectivity index (χ1n) is 8.09. The summed E-state index contributed by atoms with van der Waals surface area (Å²) >= 11 is 0. The lowest BCUT2D eigenvalue weighted by Gasteiger charge is -2.20. The van der Waals surface area contributed by atoms with Crippen molar-refractivity contribution in [2.24, 2.45) is 0 Å². The largest absolute Gasteiger partial charge is 0.457 e. The maximum atomic E-state index is 11.9. The van der Waals surface area contributed by atoms with Gasteiger partial charge >= 0.3 is 6.09 Å². The van der Waals surface area contributed by atoms with Gasteiger partial charge in [-0.3, -0.25) is 10.1 Å². The van der Waals surface area contributed by atoms with Gasteiger partial charge in [0.25, 0.3) is 5.69 Å². The zero-order valence-corrected chi connectivity index (χ0v) is 15.5. The van der Waals surface area contributed by atoms with Crippen molar-refractivity contribution in [1.29, 1.82) is 0 Å². The molecule has 1 amide bonds. The third-order valence-corrected chi connectivity index (χ3v) is 3.39. The lowest BCUT2D eigenvalue weighted by Crippen LogP contribution is -2.42. The van der Waals surface area contributed by atoms with Gasteiger partial charge in [0.1, 0.15) is 17.2 Å². The van der Waals surface area contributed by atoms with E-state index in [1.165, 1.54) is 24.3 Å². The van der Waals surface area contributed by atoms with Crippen molar-refractivity contribution in [2.75, 3.05) is 0 Å². The molecule has 0 radical (unpaired) electrons. The Hall–Kier alpha value is -3.09. The smallest absolute Gasteiger partial charge is 0.413 e. The number of aryl methyl sites for hydroxylation is 2. The number of ether oxygens (including phenoxy) is 2. The molecule has 7 nitrogen and oxygen atoms in total. The Balaban J connectivity index is 2.16. The van der Waals surface area contributed by atoms with Gasteiger partial charge in [-0.2, -0.15) is 0 Å². The number of rotatable bonds is 4. The molecular weight excluding hydrogens is 336 g/mol. The van der Waals surface area contributed by atoms with Gasteiger partial charge in [-0.05, 0) is 70.0 Å². The summed E-state index contributed by atoms with van der Waals surface area (Å²) in [5.41, 5.74) is 1.17. The number of carbonyl (C=O) groups is 1. The molecule has 26 heavy (non-hydrogen) atoms. The molecule has 0 aliphatic carbocycles. The molecule has 0 saturated heterocycles. The summed E-state index contributed by atoms with van der Waals surface area (Å²) < 4.78 is 11.2. The molecule has 0 aliphatic rings. The first kappa shape index (κ1) is 19.2. The highest BCUT2D eigenvalue weighted by molar-refractivity contribution is 5.71. The topological polar surface area (TPSA) is 90.7 Å². The van der Waals surface area contributed by atoms with Crippen LogP contribution in [0.5, 0.6) is 17.2 Å². The SMILES string of the molecule is Cc1cc(OC(=O)NC(C)(C)C)cc(C)c1Oc1ccc([N+](=O)[O-])cc1. The van der Waals surface area contributed by atoms with Crippen LogP contribution >= 0.6 is 0 Å². The predicted molar refractivity (Wildman–Crippen MR) is 98.0 cm³/mol. The summed E-state index contributed by atoms with van der Waals surface area (Å²) in [5, 5.41) is 13.4. The van der Waals surface area contributed by atoms with Crippen LogP contribution in [0.3, 0.4) is 0 Å². The summed E-state index contributed by atoms with van der Waals surface area (Å²) in [6, 6.07) is 9.25. The monoisotopic (exact) mass is 358 g/mol. The minimum atomic E-state index is -0.527. The third-order valence-electron chi connectivity index (χ3n) is 3.39. The van der Waals surface area contributed by atoms with Gasteiger partial charge in [-0.15, -0.1) is 0 Å². The number of nitrogens with one attached hydrogen (secondary N) is 1. The summed E-state index contributed by atoms with van der Waals surface area (Å²) in [4.78, 5) is 22.1. The van der Waals surface area contributed by atoms with E-state index in [0.29, 0.717) is 17.2 Å². The third kappa shape index (κ3) is 5.20. The van der Waals surface area contributed by atoms with Crippen LogP contribution in [0.2, 0.25) is 0 Å². The van der Waals surface area contributed by atoms with Crippen LogP contribution in [-0.4, -0.2) is 16.6 Å². The Kier molecular flexibility index (Phi) is 5.50. The minimum Gasteiger partial charge on any atom is -0.457 e. The van der Waals surface area contributed by atoms with E-state index >= 15 is 0 Å². The molecule has 7 heteroatoms. The Bertz CT molecular complexity index is 800. The van der Waals surface area contributed by atoms with Gasteiger partial charge < -0.3 is 14.8 Å². The summed E-state index contributed by atoms with van der Waals surface area (Å²) in [6.07, 6.45) is -0.527. The van der Waals surface area contributed by atoms with Crippen molar-refractivity contribution in [3.8, 4) is 17.2 Å². The average molecular weight is 358 g/mol. The van der Waals surface area contributed by atoms with Crippen LogP contribution in [0.25, 0.3) is 0 Å². The molecule has 0 saturated carbocycles. The van der Waals surface area contributed by atoms with Crippen LogP contribution in [0, 0.1) is 24.0 Å². The Labute approximate surface area is 152 Å². The maximum absolute atomic E-state index is 11.9. The van der Waals surface area contributed by atoms with Gasteiger partial charge in [0.15, 0.2) is 0 Å². The first-order chi connectivity index (χ1) is 12.0. The van der Waals surface area contributed by atoms with Gasteiger partial charge in [0.2, 0.25) is 0 Å². The fraction of sp³-hybridized carbons (Fsp3) is 0.316. The van der Waals surface area contributed by atoms with Gasteiger partial charge in [-0.1, -0.05) is 0 Å². The highest BCUT2D eigenvalue weighted by atomic mass is 16.6. The van der Waals surface area contributed by atoms with E-state index in [1.807, 2.05) is 34.6 Å². The Morgan fingerprint density at radius 1 is 1.04 bits per heavy atom. The molecule has 1 N–H and O–H groups in total. The second kappa shape index (κ2) is 7.43. The number of benzene rings is 2. The number of non-ortho nitro benzene ring substituents is 1. The van der Waals surface area contributed by atoms with E-state index in [0.717, 1.165) is 11.1 Å². The summed E-state index contributed by atoms with van der Waals surface area (Å²) in [5.74, 6) is 1.51. The predicted octanol–water partition coefficient (Wildman–Crippen LogP) is 4.89. The van der Waals surface area contributed by atoms with Crippen LogP contribution in [0.15, 0.2) is 36.4 Å². The number of hydrogen-bond acceptors (Lipinski definition) is 5. The lowest BCUT2D eigenvalue weighted by atomic mass is 10.1. The van der Waals surface area contributed by atoms with E-state index in [1.54, 1.807) is 12.1 Å². The number of hydrogen-bond donors (Lipinski definition) is 1. The number of amides is 1. The molecule has 0 atom stereocenters. The zero-order valence-electron chi connectivity index (χ0n) is 15.5. The quantitative estimate of drug-likeness (QED) is 0.620. The molecule has 2 rings (SSSR count). The van der Waals surface area contributed by atoms with E-state index in [-0.39, 0.29) is 11.2 Å². The van der Waals surface area contributed by atoms with Crippen molar-refractivity contribution < 1.29 is 19.2 Å². The number of nitrogens with zero attached hydrogens (tertiary/aromatic N) is 1. The fourth-order valence-corrected chi connectivity index (χ4v) is 2.32. The van der Waals surface area contributed by atoms with E-state index < -0.39 is 11.0 Å². The normalized spacial score (nSPS) is 11.0. The minimum absolute atomic E-state index is 0.000553. The van der Waals surface area contributed by atoms with Crippen LogP contribution < -0.4 is 14.8 Å². The Morgan fingerprint density at radius 2 is 1.58 bits per heavy atom. The van der Waals surface area contributed by atoms with E-state index in [9.17, 15) is 14.9 Å². The molecule has 0 aliphatic heterocycles.